The summed E-state index contributed by atoms with van der Waals surface area (Å²) in [5, 5.41) is 0. The molecule has 4 unspecified atom stereocenters. The first-order chi connectivity index (χ1) is 5.42. The molecule has 0 N–H and O–H groups in total. The van der Waals surface area contributed by atoms with E-state index in [0.717, 1.165) is 23.7 Å². The third-order valence-electron chi connectivity index (χ3n) is 3.90. The Bertz CT molecular complexity index is 228. The minimum absolute atomic E-state index is 0.402. The molecular formula is C9H11NO. The van der Waals surface area contributed by atoms with Crippen molar-refractivity contribution >= 4 is 6.08 Å². The second-order valence-electron chi connectivity index (χ2n) is 4.20. The second-order valence-corrected chi connectivity index (χ2v) is 4.20. The zero-order valence-electron chi connectivity index (χ0n) is 6.36. The van der Waals surface area contributed by atoms with Gasteiger partial charge in [0.1, 0.15) is 0 Å². The fourth-order valence-electron chi connectivity index (χ4n) is 3.51. The maximum absolute atomic E-state index is 10.0. The summed E-state index contributed by atoms with van der Waals surface area (Å²) in [6.07, 6.45) is 5.93. The first-order valence-corrected chi connectivity index (χ1v) is 4.49. The van der Waals surface area contributed by atoms with Crippen LogP contribution in [0.15, 0.2) is 4.99 Å². The highest BCUT2D eigenvalue weighted by atomic mass is 16.1. The molecular weight excluding hydrogens is 138 g/mol. The predicted octanol–water partition coefficient (Wildman–Crippen LogP) is 1.37. The zero-order valence-corrected chi connectivity index (χ0v) is 6.36. The van der Waals surface area contributed by atoms with E-state index in [-0.39, 0.29) is 0 Å². The molecule has 0 saturated heterocycles. The van der Waals surface area contributed by atoms with E-state index in [9.17, 15) is 4.79 Å². The van der Waals surface area contributed by atoms with Gasteiger partial charge in [-0.25, -0.2) is 9.79 Å². The van der Waals surface area contributed by atoms with Crippen LogP contribution in [-0.4, -0.2) is 12.1 Å². The number of fused-ring (bicyclic) bond motifs is 5. The van der Waals surface area contributed by atoms with Crippen molar-refractivity contribution in [3.8, 4) is 0 Å². The van der Waals surface area contributed by atoms with Crippen LogP contribution in [0.4, 0.5) is 0 Å². The molecule has 0 spiro atoms. The number of nitrogens with zero attached hydrogens (tertiary/aromatic N) is 1. The van der Waals surface area contributed by atoms with Crippen LogP contribution in [0.3, 0.4) is 0 Å². The lowest BCUT2D eigenvalue weighted by Gasteiger charge is -2.03. The van der Waals surface area contributed by atoms with Crippen molar-refractivity contribution in [3.05, 3.63) is 0 Å². The fourth-order valence-corrected chi connectivity index (χ4v) is 3.51. The molecule has 3 aliphatic rings. The average molecular weight is 149 g/mol. The van der Waals surface area contributed by atoms with Crippen molar-refractivity contribution < 1.29 is 4.79 Å². The van der Waals surface area contributed by atoms with Crippen LogP contribution in [0.2, 0.25) is 0 Å². The van der Waals surface area contributed by atoms with Gasteiger partial charge in [-0.3, -0.25) is 0 Å². The van der Waals surface area contributed by atoms with Gasteiger partial charge in [0, 0.05) is 0 Å². The average Bonchev–Trinajstić information content (AvgIpc) is 2.43. The van der Waals surface area contributed by atoms with Crippen LogP contribution < -0.4 is 0 Å². The summed E-state index contributed by atoms with van der Waals surface area (Å²) in [4.78, 5) is 13.9. The molecule has 0 aromatic rings. The van der Waals surface area contributed by atoms with Crippen LogP contribution in [-0.2, 0) is 4.79 Å². The highest BCUT2D eigenvalue weighted by Crippen LogP contribution is 2.66. The molecule has 2 bridgehead atoms. The zero-order chi connectivity index (χ0) is 7.42. The molecule has 0 aromatic carbocycles. The molecule has 58 valence electrons. The van der Waals surface area contributed by atoms with Crippen molar-refractivity contribution in [1.82, 2.24) is 0 Å². The van der Waals surface area contributed by atoms with Gasteiger partial charge < -0.3 is 0 Å². The number of hydrogen-bond acceptors (Lipinski definition) is 2. The van der Waals surface area contributed by atoms with Gasteiger partial charge in [-0.1, -0.05) is 0 Å². The molecule has 0 aliphatic heterocycles. The van der Waals surface area contributed by atoms with Crippen LogP contribution in [0, 0.1) is 23.7 Å². The summed E-state index contributed by atoms with van der Waals surface area (Å²) >= 11 is 0. The minimum Gasteiger partial charge on any atom is -0.211 e. The van der Waals surface area contributed by atoms with E-state index in [1.54, 1.807) is 6.08 Å². The number of rotatable bonds is 1. The van der Waals surface area contributed by atoms with Gasteiger partial charge in [0.15, 0.2) is 0 Å². The van der Waals surface area contributed by atoms with Gasteiger partial charge in [-0.2, -0.15) is 0 Å². The van der Waals surface area contributed by atoms with Crippen LogP contribution in [0.1, 0.15) is 19.3 Å². The SMILES string of the molecule is O=C=NC1C2C3CCC(C3)C12. The summed E-state index contributed by atoms with van der Waals surface area (Å²) in [5.74, 6) is 3.45. The molecule has 3 saturated carbocycles. The summed E-state index contributed by atoms with van der Waals surface area (Å²) < 4.78 is 0. The largest absolute Gasteiger partial charge is 0.235 e. The van der Waals surface area contributed by atoms with Gasteiger partial charge >= 0.3 is 0 Å². The lowest BCUT2D eigenvalue weighted by molar-refractivity contribution is 0.456. The Hall–Kier alpha value is -0.620. The molecule has 0 amide bonds. The number of hydrogen-bond donors (Lipinski definition) is 0. The Morgan fingerprint density at radius 1 is 1.18 bits per heavy atom. The number of carbonyl (C=O) groups excluding carboxylic acids is 1. The Kier molecular flexibility index (Phi) is 0.950. The first-order valence-electron chi connectivity index (χ1n) is 4.49. The standard InChI is InChI=1S/C9H11NO/c11-4-10-9-7-5-1-2-6(3-5)8(7)9/h5-9H,1-3H2. The quantitative estimate of drug-likeness (QED) is 0.409. The Morgan fingerprint density at radius 2 is 1.82 bits per heavy atom. The molecule has 0 heterocycles. The molecule has 0 radical (unpaired) electrons. The van der Waals surface area contributed by atoms with Gasteiger partial charge in [-0.15, -0.1) is 0 Å². The molecule has 2 nitrogen and oxygen atoms in total. The normalized spacial score (nSPS) is 56.9. The van der Waals surface area contributed by atoms with E-state index in [1.807, 2.05) is 0 Å². The van der Waals surface area contributed by atoms with Crippen LogP contribution in [0.25, 0.3) is 0 Å². The highest BCUT2D eigenvalue weighted by Gasteiger charge is 2.65. The summed E-state index contributed by atoms with van der Waals surface area (Å²) in [7, 11) is 0. The number of aliphatic imine (C=N–C) groups is 1. The molecule has 3 aliphatic carbocycles. The monoisotopic (exact) mass is 149 g/mol. The Labute approximate surface area is 65.7 Å². The lowest BCUT2D eigenvalue weighted by Crippen LogP contribution is -1.99. The van der Waals surface area contributed by atoms with Crippen molar-refractivity contribution in [3.63, 3.8) is 0 Å². The summed E-state index contributed by atoms with van der Waals surface area (Å²) in [6.45, 7) is 0. The number of isocyanates is 1. The van der Waals surface area contributed by atoms with E-state index in [4.69, 9.17) is 0 Å². The second kappa shape index (κ2) is 1.75. The van der Waals surface area contributed by atoms with Crippen molar-refractivity contribution in [1.29, 1.82) is 0 Å². The lowest BCUT2D eigenvalue weighted by atomic mass is 10.0. The smallest absolute Gasteiger partial charge is 0.211 e. The third-order valence-corrected chi connectivity index (χ3v) is 3.90. The van der Waals surface area contributed by atoms with Crippen molar-refractivity contribution in [2.45, 2.75) is 25.3 Å². The fraction of sp³-hybridized carbons (Fsp3) is 0.889. The van der Waals surface area contributed by atoms with E-state index in [0.29, 0.717) is 6.04 Å². The van der Waals surface area contributed by atoms with E-state index < -0.39 is 0 Å². The summed E-state index contributed by atoms with van der Waals surface area (Å²) in [5.41, 5.74) is 0. The van der Waals surface area contributed by atoms with Crippen molar-refractivity contribution in [2.75, 3.05) is 0 Å². The molecule has 11 heavy (non-hydrogen) atoms. The maximum atomic E-state index is 10.0. The molecule has 3 rings (SSSR count). The molecule has 4 atom stereocenters. The van der Waals surface area contributed by atoms with Gasteiger partial charge in [0.2, 0.25) is 6.08 Å². The molecule has 3 fully saturated rings. The highest BCUT2D eigenvalue weighted by molar-refractivity contribution is 5.36. The van der Waals surface area contributed by atoms with E-state index >= 15 is 0 Å². The molecule has 0 aromatic heterocycles. The van der Waals surface area contributed by atoms with E-state index in [2.05, 4.69) is 4.99 Å². The Morgan fingerprint density at radius 3 is 2.36 bits per heavy atom. The van der Waals surface area contributed by atoms with Crippen LogP contribution >= 0.6 is 0 Å². The van der Waals surface area contributed by atoms with Crippen LogP contribution in [0.5, 0.6) is 0 Å². The first kappa shape index (κ1) is 5.96. The summed E-state index contributed by atoms with van der Waals surface area (Å²) in [6, 6.07) is 0.402. The topological polar surface area (TPSA) is 29.4 Å². The molecule has 2 heteroatoms. The van der Waals surface area contributed by atoms with Gasteiger partial charge in [-0.05, 0) is 42.9 Å². The maximum Gasteiger partial charge on any atom is 0.235 e. The van der Waals surface area contributed by atoms with Crippen molar-refractivity contribution in [2.24, 2.45) is 28.7 Å². The minimum atomic E-state index is 0.402. The van der Waals surface area contributed by atoms with Gasteiger partial charge in [0.05, 0.1) is 6.04 Å². The Balaban J connectivity index is 1.86. The predicted molar refractivity (Wildman–Crippen MR) is 39.7 cm³/mol. The third kappa shape index (κ3) is 0.592. The van der Waals surface area contributed by atoms with Gasteiger partial charge in [0.25, 0.3) is 0 Å². The van der Waals surface area contributed by atoms with E-state index in [1.165, 1.54) is 19.3 Å².